The smallest absolute Gasteiger partial charge is 0.274 e. The van der Waals surface area contributed by atoms with E-state index >= 15 is 0 Å². The lowest BCUT2D eigenvalue weighted by Gasteiger charge is -2.36. The van der Waals surface area contributed by atoms with E-state index < -0.39 is 11.0 Å². The molecule has 2 heterocycles. The molecule has 1 unspecified atom stereocenters. The first-order chi connectivity index (χ1) is 14.6. The number of nitriles is 2. The van der Waals surface area contributed by atoms with Gasteiger partial charge in [0.05, 0.1) is 35.5 Å². The lowest BCUT2D eigenvalue weighted by atomic mass is 9.98. The number of thiophene rings is 1. The molecule has 2 aromatic rings. The Morgan fingerprint density at radius 2 is 1.93 bits per heavy atom. The molecule has 0 fully saturated rings. The molecule has 1 amide bonds. The molecule has 1 aliphatic heterocycles. The fourth-order valence-corrected chi connectivity index (χ4v) is 4.63. The second-order valence-electron chi connectivity index (χ2n) is 6.95. The van der Waals surface area contributed by atoms with Crippen molar-refractivity contribution in [3.8, 4) is 12.1 Å². The largest absolute Gasteiger partial charge is 0.339 e. The van der Waals surface area contributed by atoms with Crippen molar-refractivity contribution in [1.29, 1.82) is 10.5 Å². The Hall–Kier alpha value is -3.27. The molecule has 0 N–H and O–H groups in total. The number of fused-ring (bicyclic) bond motifs is 1. The summed E-state index contributed by atoms with van der Waals surface area (Å²) in [6, 6.07) is 11.5. The van der Waals surface area contributed by atoms with Crippen LogP contribution in [0.15, 0.2) is 35.7 Å². The number of para-hydroxylation sites is 1. The van der Waals surface area contributed by atoms with E-state index in [1.807, 2.05) is 28.5 Å². The topological polar surface area (TPSA) is 114 Å². The minimum atomic E-state index is -0.850. The van der Waals surface area contributed by atoms with Gasteiger partial charge in [-0.25, -0.2) is 0 Å². The Kier molecular flexibility index (Phi) is 7.12. The average molecular weight is 423 g/mol. The van der Waals surface area contributed by atoms with Crippen LogP contribution in [0.25, 0.3) is 0 Å². The van der Waals surface area contributed by atoms with Crippen LogP contribution < -0.4 is 0 Å². The second kappa shape index (κ2) is 9.97. The van der Waals surface area contributed by atoms with Crippen molar-refractivity contribution in [1.82, 2.24) is 9.80 Å². The Balaban J connectivity index is 2.01. The number of hydrogen-bond acceptors (Lipinski definition) is 7. The molecule has 30 heavy (non-hydrogen) atoms. The van der Waals surface area contributed by atoms with Gasteiger partial charge in [-0.1, -0.05) is 18.2 Å². The third-order valence-corrected chi connectivity index (χ3v) is 6.19. The highest BCUT2D eigenvalue weighted by Crippen LogP contribution is 2.35. The number of carbonyl (C=O) groups excluding carboxylic acids is 1. The van der Waals surface area contributed by atoms with Gasteiger partial charge in [0, 0.05) is 37.1 Å². The fraction of sp³-hybridized carbons (Fsp3) is 0.381. The number of nitrogens with zero attached hydrogens (tertiary/aromatic N) is 5. The van der Waals surface area contributed by atoms with E-state index in [1.54, 1.807) is 29.5 Å². The highest BCUT2D eigenvalue weighted by atomic mass is 32.1. The maximum atomic E-state index is 13.6. The fourth-order valence-electron chi connectivity index (χ4n) is 3.74. The van der Waals surface area contributed by atoms with Crippen LogP contribution in [0, 0.1) is 32.8 Å². The maximum Gasteiger partial charge on any atom is 0.274 e. The summed E-state index contributed by atoms with van der Waals surface area (Å²) in [5.41, 5.74) is 1.36. The Labute approximate surface area is 178 Å². The van der Waals surface area contributed by atoms with Crippen molar-refractivity contribution < 1.29 is 9.72 Å². The number of carbonyl (C=O) groups is 1. The predicted molar refractivity (Wildman–Crippen MR) is 111 cm³/mol. The van der Waals surface area contributed by atoms with E-state index in [0.29, 0.717) is 18.7 Å². The highest BCUT2D eigenvalue weighted by molar-refractivity contribution is 7.10. The predicted octanol–water partition coefficient (Wildman–Crippen LogP) is 3.41. The molecule has 0 saturated carbocycles. The van der Waals surface area contributed by atoms with Crippen LogP contribution in [0.1, 0.15) is 34.9 Å². The van der Waals surface area contributed by atoms with Gasteiger partial charge >= 0.3 is 0 Å². The molecule has 0 aliphatic carbocycles. The summed E-state index contributed by atoms with van der Waals surface area (Å²) in [6.07, 6.45) is 1.04. The Morgan fingerprint density at radius 3 is 2.60 bits per heavy atom. The Morgan fingerprint density at radius 1 is 1.23 bits per heavy atom. The second-order valence-corrected chi connectivity index (χ2v) is 7.95. The summed E-state index contributed by atoms with van der Waals surface area (Å²) in [7, 11) is 0. The third-order valence-electron chi connectivity index (χ3n) is 5.16. The van der Waals surface area contributed by atoms with E-state index in [-0.39, 0.29) is 37.5 Å². The van der Waals surface area contributed by atoms with Crippen LogP contribution in [-0.4, -0.2) is 40.3 Å². The minimum Gasteiger partial charge on any atom is -0.339 e. The van der Waals surface area contributed by atoms with E-state index in [1.165, 1.54) is 15.8 Å². The van der Waals surface area contributed by atoms with Gasteiger partial charge < -0.3 is 4.90 Å². The quantitative estimate of drug-likeness (QED) is 0.475. The number of amides is 1. The van der Waals surface area contributed by atoms with Crippen LogP contribution in [-0.2, 0) is 17.8 Å². The monoisotopic (exact) mass is 423 g/mol. The van der Waals surface area contributed by atoms with Crippen LogP contribution in [0.4, 0.5) is 5.69 Å². The van der Waals surface area contributed by atoms with E-state index in [4.69, 9.17) is 10.5 Å². The molecule has 0 spiro atoms. The highest BCUT2D eigenvalue weighted by Gasteiger charge is 2.37. The first-order valence-electron chi connectivity index (χ1n) is 9.62. The zero-order chi connectivity index (χ0) is 21.5. The zero-order valence-electron chi connectivity index (χ0n) is 16.4. The van der Waals surface area contributed by atoms with Crippen molar-refractivity contribution in [2.75, 3.05) is 19.6 Å². The maximum absolute atomic E-state index is 13.6. The van der Waals surface area contributed by atoms with Gasteiger partial charge in [-0.05, 0) is 23.4 Å². The lowest BCUT2D eigenvalue weighted by molar-refractivity contribution is -0.385. The van der Waals surface area contributed by atoms with E-state index in [0.717, 1.165) is 12.0 Å². The molecule has 3 rings (SSSR count). The van der Waals surface area contributed by atoms with Gasteiger partial charge in [0.1, 0.15) is 6.04 Å². The van der Waals surface area contributed by atoms with Gasteiger partial charge in [-0.3, -0.25) is 19.8 Å². The van der Waals surface area contributed by atoms with Crippen molar-refractivity contribution >= 4 is 22.9 Å². The normalized spacial score (nSPS) is 14.2. The molecule has 9 heteroatoms. The first-order valence-corrected chi connectivity index (χ1v) is 10.5. The molecule has 1 aromatic heterocycles. The average Bonchev–Trinajstić information content (AvgIpc) is 3.22. The molecule has 0 radical (unpaired) electrons. The van der Waals surface area contributed by atoms with E-state index in [2.05, 4.69) is 0 Å². The van der Waals surface area contributed by atoms with Gasteiger partial charge in [0.25, 0.3) is 5.69 Å². The van der Waals surface area contributed by atoms with Crippen molar-refractivity contribution in [3.05, 3.63) is 61.8 Å². The van der Waals surface area contributed by atoms with Crippen molar-refractivity contribution in [2.24, 2.45) is 0 Å². The summed E-state index contributed by atoms with van der Waals surface area (Å²) in [5.74, 6) is -0.312. The van der Waals surface area contributed by atoms with Gasteiger partial charge in [0.15, 0.2) is 0 Å². The summed E-state index contributed by atoms with van der Waals surface area (Å²) in [5, 5.41) is 31.7. The van der Waals surface area contributed by atoms with Crippen LogP contribution >= 0.6 is 11.3 Å². The first kappa shape index (κ1) is 21.4. The Bertz CT molecular complexity index is 989. The molecule has 1 atom stereocenters. The number of nitro groups is 1. The third kappa shape index (κ3) is 4.65. The van der Waals surface area contributed by atoms with Crippen molar-refractivity contribution in [3.63, 3.8) is 0 Å². The zero-order valence-corrected chi connectivity index (χ0v) is 17.2. The summed E-state index contributed by atoms with van der Waals surface area (Å²) < 4.78 is 0. The standard InChI is InChI=1S/C21H21N5O3S/c22-9-3-11-24(12-4-10-23)21(27)20(17-5-1-2-6-18(17)26(28)29)25-13-7-19-16(15-25)8-14-30-19/h1-2,5-6,8,14,20H,3-4,7,11-13,15H2. The van der Waals surface area contributed by atoms with Crippen LogP contribution in [0.3, 0.4) is 0 Å². The molecule has 1 aromatic carbocycles. The number of rotatable bonds is 8. The van der Waals surface area contributed by atoms with Gasteiger partial charge in [0.2, 0.25) is 5.91 Å². The summed E-state index contributed by atoms with van der Waals surface area (Å²) in [6.45, 7) is 1.49. The summed E-state index contributed by atoms with van der Waals surface area (Å²) >= 11 is 1.68. The molecule has 0 bridgehead atoms. The lowest BCUT2D eigenvalue weighted by Crippen LogP contribution is -2.45. The van der Waals surface area contributed by atoms with Crippen LogP contribution in [0.5, 0.6) is 0 Å². The number of hydrogen-bond donors (Lipinski definition) is 0. The van der Waals surface area contributed by atoms with Gasteiger partial charge in [-0.15, -0.1) is 11.3 Å². The number of benzene rings is 1. The molecule has 0 saturated heterocycles. The molecule has 8 nitrogen and oxygen atoms in total. The van der Waals surface area contributed by atoms with Crippen LogP contribution in [0.2, 0.25) is 0 Å². The van der Waals surface area contributed by atoms with Gasteiger partial charge in [-0.2, -0.15) is 10.5 Å². The summed E-state index contributed by atoms with van der Waals surface area (Å²) in [4.78, 5) is 29.6. The SMILES string of the molecule is N#CCCN(CCC#N)C(=O)C(c1ccccc1[N+](=O)[O-])N1CCc2sccc2C1. The molecule has 1 aliphatic rings. The molecular weight excluding hydrogens is 402 g/mol. The molecular formula is C21H21N5O3S. The molecule has 154 valence electrons. The van der Waals surface area contributed by atoms with Crippen molar-refractivity contribution in [2.45, 2.75) is 31.8 Å². The number of nitro benzene ring substituents is 1. The van der Waals surface area contributed by atoms with E-state index in [9.17, 15) is 14.9 Å². The minimum absolute atomic E-state index is 0.104.